The molecule has 0 aliphatic carbocycles. The van der Waals surface area contributed by atoms with Crippen LogP contribution in [0.1, 0.15) is 42.1 Å². The number of anilines is 2. The zero-order valence-electron chi connectivity index (χ0n) is 25.8. The molecule has 2 N–H and O–H groups in total. The quantitative estimate of drug-likeness (QED) is 0.143. The Morgan fingerprint density at radius 3 is 2.41 bits per heavy atom. The van der Waals surface area contributed by atoms with Crippen LogP contribution in [-0.4, -0.2) is 27.3 Å². The molecular formula is C36H34FN5O3S. The number of aryl methyl sites for hydroxylation is 1. The van der Waals surface area contributed by atoms with E-state index < -0.39 is 6.04 Å². The monoisotopic (exact) mass is 635 g/mol. The summed E-state index contributed by atoms with van der Waals surface area (Å²) in [6, 6.07) is 29.2. The highest BCUT2D eigenvalue weighted by molar-refractivity contribution is 7.98. The SMILES string of the molecule is CCOc1ccccc1NC(=O)C1=C(C)Nc2nc(SCc3ccccc3F)nn2C1c1ccc(OCc2ccccc2C)cc1. The number of nitrogens with zero attached hydrogens (tertiary/aromatic N) is 3. The Kier molecular flexibility index (Phi) is 9.35. The molecule has 1 aromatic heterocycles. The van der Waals surface area contributed by atoms with Crippen LogP contribution in [0.4, 0.5) is 16.0 Å². The van der Waals surface area contributed by atoms with Gasteiger partial charge in [0.2, 0.25) is 11.1 Å². The summed E-state index contributed by atoms with van der Waals surface area (Å²) in [6.45, 7) is 6.72. The Bertz CT molecular complexity index is 1890. The van der Waals surface area contributed by atoms with E-state index in [0.717, 1.165) is 11.1 Å². The van der Waals surface area contributed by atoms with Crippen LogP contribution in [0.2, 0.25) is 0 Å². The highest BCUT2D eigenvalue weighted by Gasteiger charge is 2.35. The third-order valence-electron chi connectivity index (χ3n) is 7.68. The van der Waals surface area contributed by atoms with Crippen LogP contribution < -0.4 is 20.1 Å². The maximum Gasteiger partial charge on any atom is 0.255 e. The fraction of sp³-hybridized carbons (Fsp3) is 0.194. The maximum atomic E-state index is 14.3. The van der Waals surface area contributed by atoms with E-state index >= 15 is 0 Å². The molecule has 0 radical (unpaired) electrons. The molecule has 1 amide bonds. The van der Waals surface area contributed by atoms with Crippen molar-refractivity contribution < 1.29 is 18.7 Å². The molecule has 2 heterocycles. The largest absolute Gasteiger partial charge is 0.492 e. The first-order valence-corrected chi connectivity index (χ1v) is 16.0. The summed E-state index contributed by atoms with van der Waals surface area (Å²) in [5.74, 6) is 1.57. The summed E-state index contributed by atoms with van der Waals surface area (Å²) < 4.78 is 27.9. The highest BCUT2D eigenvalue weighted by Crippen LogP contribution is 2.38. The number of para-hydroxylation sites is 2. The van der Waals surface area contributed by atoms with E-state index in [0.29, 0.717) is 64.1 Å². The first-order valence-electron chi connectivity index (χ1n) is 15.0. The number of allylic oxidation sites excluding steroid dienone is 1. The summed E-state index contributed by atoms with van der Waals surface area (Å²) >= 11 is 1.33. The Hall–Kier alpha value is -5.09. The summed E-state index contributed by atoms with van der Waals surface area (Å²) in [5, 5.41) is 11.6. The number of nitrogens with one attached hydrogen (secondary N) is 2. The average molecular weight is 636 g/mol. The van der Waals surface area contributed by atoms with Gasteiger partial charge >= 0.3 is 0 Å². The van der Waals surface area contributed by atoms with E-state index in [9.17, 15) is 9.18 Å². The van der Waals surface area contributed by atoms with Crippen molar-refractivity contribution in [3.8, 4) is 11.5 Å². The second kappa shape index (κ2) is 13.9. The van der Waals surface area contributed by atoms with Crippen molar-refractivity contribution in [3.05, 3.63) is 136 Å². The van der Waals surface area contributed by atoms with E-state index in [-0.39, 0.29) is 11.7 Å². The molecule has 1 aliphatic rings. The Labute approximate surface area is 271 Å². The smallest absolute Gasteiger partial charge is 0.255 e. The fourth-order valence-electron chi connectivity index (χ4n) is 5.27. The number of carbonyl (C=O) groups excluding carboxylic acids is 1. The standard InChI is InChI=1S/C36H34FN5O3S/c1-4-44-31-16-10-9-15-30(31)39-34(43)32-24(3)38-35-40-36(46-22-27-13-7-8-14-29(27)37)41-42(35)33(32)25-17-19-28(20-18-25)45-21-26-12-6-5-11-23(26)2/h5-20,33H,4,21-22H2,1-3H3,(H,39,43)(H,38,40,41). The van der Waals surface area contributed by atoms with Crippen molar-refractivity contribution in [2.45, 2.75) is 44.3 Å². The number of amides is 1. The highest BCUT2D eigenvalue weighted by atomic mass is 32.2. The fourth-order valence-corrected chi connectivity index (χ4v) is 6.09. The van der Waals surface area contributed by atoms with Crippen LogP contribution in [0.5, 0.6) is 11.5 Å². The van der Waals surface area contributed by atoms with Crippen LogP contribution in [0.25, 0.3) is 0 Å². The minimum Gasteiger partial charge on any atom is -0.492 e. The molecule has 10 heteroatoms. The molecule has 1 aliphatic heterocycles. The molecule has 5 aromatic rings. The number of thioether (sulfide) groups is 1. The predicted octanol–water partition coefficient (Wildman–Crippen LogP) is 7.92. The van der Waals surface area contributed by atoms with Crippen molar-refractivity contribution >= 4 is 29.3 Å². The lowest BCUT2D eigenvalue weighted by atomic mass is 9.95. The van der Waals surface area contributed by atoms with Gasteiger partial charge in [-0.3, -0.25) is 4.79 Å². The summed E-state index contributed by atoms with van der Waals surface area (Å²) in [4.78, 5) is 18.7. The van der Waals surface area contributed by atoms with Crippen LogP contribution in [0.15, 0.2) is 113 Å². The third kappa shape index (κ3) is 6.77. The topological polar surface area (TPSA) is 90.3 Å². The van der Waals surface area contributed by atoms with Gasteiger partial charge < -0.3 is 20.1 Å². The van der Waals surface area contributed by atoms with Crippen molar-refractivity contribution in [2.24, 2.45) is 0 Å². The van der Waals surface area contributed by atoms with E-state index in [2.05, 4.69) is 29.7 Å². The lowest BCUT2D eigenvalue weighted by Crippen LogP contribution is -2.31. The first kappa shape index (κ1) is 30.9. The van der Waals surface area contributed by atoms with Gasteiger partial charge in [-0.15, -0.1) is 5.10 Å². The van der Waals surface area contributed by atoms with Crippen molar-refractivity contribution in [3.63, 3.8) is 0 Å². The Morgan fingerprint density at radius 1 is 0.935 bits per heavy atom. The van der Waals surface area contributed by atoms with Gasteiger partial charge in [0.1, 0.15) is 30.0 Å². The van der Waals surface area contributed by atoms with Gasteiger partial charge in [-0.1, -0.05) is 78.5 Å². The van der Waals surface area contributed by atoms with Crippen molar-refractivity contribution in [2.75, 3.05) is 17.2 Å². The molecule has 46 heavy (non-hydrogen) atoms. The predicted molar refractivity (Wildman–Crippen MR) is 179 cm³/mol. The number of halogens is 1. The molecule has 1 atom stereocenters. The number of carbonyl (C=O) groups is 1. The summed E-state index contributed by atoms with van der Waals surface area (Å²) in [6.07, 6.45) is 0. The Balaban J connectivity index is 1.31. The van der Waals surface area contributed by atoms with Gasteiger partial charge in [0.15, 0.2) is 0 Å². The number of hydrogen-bond acceptors (Lipinski definition) is 7. The molecule has 0 saturated carbocycles. The van der Waals surface area contributed by atoms with Crippen LogP contribution >= 0.6 is 11.8 Å². The molecule has 0 saturated heterocycles. The van der Waals surface area contributed by atoms with E-state index in [1.54, 1.807) is 22.9 Å². The lowest BCUT2D eigenvalue weighted by Gasteiger charge is -2.29. The van der Waals surface area contributed by atoms with Crippen LogP contribution in [0.3, 0.4) is 0 Å². The molecule has 4 aromatic carbocycles. The third-order valence-corrected chi connectivity index (χ3v) is 8.57. The van der Waals surface area contributed by atoms with E-state index in [1.807, 2.05) is 74.5 Å². The number of hydrogen-bond donors (Lipinski definition) is 2. The zero-order valence-corrected chi connectivity index (χ0v) is 26.6. The van der Waals surface area contributed by atoms with Crippen molar-refractivity contribution in [1.29, 1.82) is 0 Å². The second-order valence-electron chi connectivity index (χ2n) is 10.8. The van der Waals surface area contributed by atoms with E-state index in [4.69, 9.17) is 19.6 Å². The van der Waals surface area contributed by atoms with Gasteiger partial charge in [-0.2, -0.15) is 4.98 Å². The molecule has 8 nitrogen and oxygen atoms in total. The molecule has 0 spiro atoms. The zero-order chi connectivity index (χ0) is 32.0. The Morgan fingerprint density at radius 2 is 1.65 bits per heavy atom. The second-order valence-corrected chi connectivity index (χ2v) is 11.7. The van der Waals surface area contributed by atoms with Gasteiger partial charge in [0.25, 0.3) is 5.91 Å². The first-order chi connectivity index (χ1) is 22.4. The summed E-state index contributed by atoms with van der Waals surface area (Å²) in [5.41, 5.74) is 5.35. The number of fused-ring (bicyclic) bond motifs is 1. The van der Waals surface area contributed by atoms with E-state index in [1.165, 1.54) is 23.4 Å². The molecule has 234 valence electrons. The minimum atomic E-state index is -0.601. The maximum absolute atomic E-state index is 14.3. The van der Waals surface area contributed by atoms with Crippen LogP contribution in [0, 0.1) is 12.7 Å². The lowest BCUT2D eigenvalue weighted by molar-refractivity contribution is -0.113. The minimum absolute atomic E-state index is 0.275. The van der Waals surface area contributed by atoms with Gasteiger partial charge in [-0.25, -0.2) is 9.07 Å². The van der Waals surface area contributed by atoms with Crippen LogP contribution in [-0.2, 0) is 17.2 Å². The van der Waals surface area contributed by atoms with Gasteiger partial charge in [0, 0.05) is 11.4 Å². The summed E-state index contributed by atoms with van der Waals surface area (Å²) in [7, 11) is 0. The molecule has 0 fully saturated rings. The van der Waals surface area contributed by atoms with Crippen molar-refractivity contribution in [1.82, 2.24) is 14.8 Å². The van der Waals surface area contributed by atoms with Gasteiger partial charge in [0.05, 0.1) is 17.9 Å². The molecule has 6 rings (SSSR count). The molecular weight excluding hydrogens is 601 g/mol. The van der Waals surface area contributed by atoms with Gasteiger partial charge in [-0.05, 0) is 73.4 Å². The molecule has 0 bridgehead atoms. The average Bonchev–Trinajstić information content (AvgIpc) is 3.47. The normalized spacial score (nSPS) is 14.0. The number of ether oxygens (including phenoxy) is 2. The number of rotatable bonds is 11. The number of aromatic nitrogens is 3. The number of benzene rings is 4. The molecule has 1 unspecified atom stereocenters.